The van der Waals surface area contributed by atoms with Gasteiger partial charge in [0.05, 0.1) is 29.8 Å². The van der Waals surface area contributed by atoms with Crippen LogP contribution >= 0.6 is 0 Å². The van der Waals surface area contributed by atoms with Gasteiger partial charge in [-0.25, -0.2) is 27.1 Å². The number of hydrogen-bond donors (Lipinski definition) is 1. The molecule has 0 saturated heterocycles. The van der Waals surface area contributed by atoms with Gasteiger partial charge in [-0.05, 0) is 35.9 Å². The molecule has 5 aromatic rings. The highest BCUT2D eigenvalue weighted by Gasteiger charge is 2.21. The van der Waals surface area contributed by atoms with E-state index in [4.69, 9.17) is 5.73 Å². The van der Waals surface area contributed by atoms with E-state index in [0.29, 0.717) is 28.2 Å². The second-order valence-electron chi connectivity index (χ2n) is 7.62. The van der Waals surface area contributed by atoms with Crippen molar-refractivity contribution in [3.63, 3.8) is 0 Å². The molecule has 1 aromatic carbocycles. The Balaban J connectivity index is 1.50. The summed E-state index contributed by atoms with van der Waals surface area (Å²) >= 11 is 0. The largest absolute Gasteiger partial charge is 0.366 e. The molecule has 4 heterocycles. The second kappa shape index (κ2) is 8.58. The van der Waals surface area contributed by atoms with Crippen LogP contribution in [-0.2, 0) is 0 Å². The van der Waals surface area contributed by atoms with Crippen LogP contribution in [0.5, 0.6) is 0 Å². The predicted molar refractivity (Wildman–Crippen MR) is 117 cm³/mol. The zero-order valence-corrected chi connectivity index (χ0v) is 17.5. The van der Waals surface area contributed by atoms with E-state index in [0.717, 1.165) is 6.20 Å². The van der Waals surface area contributed by atoms with Gasteiger partial charge in [0.15, 0.2) is 11.5 Å². The van der Waals surface area contributed by atoms with E-state index >= 15 is 0 Å². The van der Waals surface area contributed by atoms with Crippen LogP contribution in [0.3, 0.4) is 0 Å². The maximum Gasteiger partial charge on any atom is 0.241 e. The molecule has 0 amide bonds. The van der Waals surface area contributed by atoms with E-state index in [2.05, 4.69) is 20.2 Å². The predicted octanol–water partition coefficient (Wildman–Crippen LogP) is 4.76. The van der Waals surface area contributed by atoms with E-state index in [-0.39, 0.29) is 11.5 Å². The summed E-state index contributed by atoms with van der Waals surface area (Å²) in [6.45, 7) is 0. The fraction of sp³-hybridized carbons (Fsp3) is 0.130. The average molecular weight is 467 g/mol. The molecule has 34 heavy (non-hydrogen) atoms. The van der Waals surface area contributed by atoms with Crippen molar-refractivity contribution in [3.05, 3.63) is 84.3 Å². The molecular weight excluding hydrogens is 450 g/mol. The van der Waals surface area contributed by atoms with Crippen molar-refractivity contribution in [1.29, 1.82) is 0 Å². The fourth-order valence-electron chi connectivity index (χ4n) is 3.75. The molecule has 0 aliphatic carbocycles. The topological polar surface area (TPSA) is 86.9 Å². The molecule has 0 saturated carbocycles. The first-order chi connectivity index (χ1) is 16.4. The fourth-order valence-corrected chi connectivity index (χ4v) is 3.75. The van der Waals surface area contributed by atoms with E-state index in [1.54, 1.807) is 24.4 Å². The maximum atomic E-state index is 14.7. The van der Waals surface area contributed by atoms with Crippen LogP contribution in [-0.4, -0.2) is 35.8 Å². The number of fused-ring (bicyclic) bond motifs is 1. The summed E-state index contributed by atoms with van der Waals surface area (Å²) < 4.78 is 57.2. The molecule has 0 bridgehead atoms. The molecule has 1 atom stereocenters. The number of halogens is 4. The van der Waals surface area contributed by atoms with Gasteiger partial charge >= 0.3 is 0 Å². The zero-order valence-electron chi connectivity index (χ0n) is 17.5. The Morgan fingerprint density at radius 1 is 0.941 bits per heavy atom. The lowest BCUT2D eigenvalue weighted by molar-refractivity contribution is 0.121. The number of nitrogens with zero attached hydrogens (tertiary/aromatic N) is 6. The standard InChI is InChI=1S/C23H17F4N7/c24-15-6-4-13(5-7-15)20(9-21(26)27)33-11-14(10-29-33)18-2-1-3-19(30-18)16-8-22-31-23(28)32-34(22)12-17(16)25/h1-8,10-12,20-21H,9H2,(H2,28,32). The molecule has 4 aromatic heterocycles. The Labute approximate surface area is 190 Å². The van der Waals surface area contributed by atoms with Crippen molar-refractivity contribution < 1.29 is 17.6 Å². The summed E-state index contributed by atoms with van der Waals surface area (Å²) in [5.74, 6) is -1.00. The molecule has 172 valence electrons. The lowest BCUT2D eigenvalue weighted by Crippen LogP contribution is -2.14. The van der Waals surface area contributed by atoms with Crippen molar-refractivity contribution in [2.24, 2.45) is 0 Å². The van der Waals surface area contributed by atoms with Gasteiger partial charge in [-0.15, -0.1) is 5.10 Å². The smallest absolute Gasteiger partial charge is 0.241 e. The summed E-state index contributed by atoms with van der Waals surface area (Å²) in [7, 11) is 0. The third-order valence-electron chi connectivity index (χ3n) is 5.34. The molecule has 5 rings (SSSR count). The van der Waals surface area contributed by atoms with E-state index in [1.165, 1.54) is 45.7 Å². The maximum absolute atomic E-state index is 14.7. The van der Waals surface area contributed by atoms with Crippen LogP contribution in [0.1, 0.15) is 18.0 Å². The number of aromatic nitrogens is 6. The molecule has 0 spiro atoms. The Morgan fingerprint density at radius 2 is 1.71 bits per heavy atom. The average Bonchev–Trinajstić information content (AvgIpc) is 3.43. The second-order valence-corrected chi connectivity index (χ2v) is 7.62. The number of alkyl halides is 2. The van der Waals surface area contributed by atoms with Gasteiger partial charge in [-0.3, -0.25) is 4.68 Å². The lowest BCUT2D eigenvalue weighted by Gasteiger charge is -2.17. The summed E-state index contributed by atoms with van der Waals surface area (Å²) in [5.41, 5.74) is 8.01. The minimum absolute atomic E-state index is 0.0187. The van der Waals surface area contributed by atoms with Gasteiger partial charge in [0.2, 0.25) is 12.4 Å². The van der Waals surface area contributed by atoms with Crippen molar-refractivity contribution in [2.45, 2.75) is 18.9 Å². The number of anilines is 1. The molecule has 11 heteroatoms. The summed E-state index contributed by atoms with van der Waals surface area (Å²) in [5, 5.41) is 8.13. The number of rotatable bonds is 6. The van der Waals surface area contributed by atoms with Gasteiger partial charge in [0.25, 0.3) is 0 Å². The Hall–Kier alpha value is -4.28. The minimum atomic E-state index is -2.59. The summed E-state index contributed by atoms with van der Waals surface area (Å²) in [6, 6.07) is 11.1. The lowest BCUT2D eigenvalue weighted by atomic mass is 10.0. The molecule has 2 N–H and O–H groups in total. The van der Waals surface area contributed by atoms with Crippen molar-refractivity contribution in [1.82, 2.24) is 29.4 Å². The van der Waals surface area contributed by atoms with Crippen LogP contribution in [0.15, 0.2) is 67.1 Å². The first kappa shape index (κ1) is 21.6. The third-order valence-corrected chi connectivity index (χ3v) is 5.34. The molecule has 0 fully saturated rings. The quantitative estimate of drug-likeness (QED) is 0.364. The summed E-state index contributed by atoms with van der Waals surface area (Å²) in [6.07, 6.45) is 1.16. The third kappa shape index (κ3) is 4.19. The molecule has 0 radical (unpaired) electrons. The van der Waals surface area contributed by atoms with E-state index in [1.807, 2.05) is 0 Å². The molecule has 0 aliphatic rings. The highest BCUT2D eigenvalue weighted by Crippen LogP contribution is 2.29. The minimum Gasteiger partial charge on any atom is -0.366 e. The SMILES string of the molecule is Nc1nc2cc(-c3cccc(-c4cnn(C(CC(F)F)c5ccc(F)cc5)c4)n3)c(F)cn2n1. The highest BCUT2D eigenvalue weighted by molar-refractivity contribution is 5.68. The summed E-state index contributed by atoms with van der Waals surface area (Å²) in [4.78, 5) is 8.56. The van der Waals surface area contributed by atoms with Crippen LogP contribution in [0.4, 0.5) is 23.5 Å². The van der Waals surface area contributed by atoms with E-state index in [9.17, 15) is 17.6 Å². The van der Waals surface area contributed by atoms with Gasteiger partial charge in [-0.1, -0.05) is 18.2 Å². The van der Waals surface area contributed by atoms with Crippen molar-refractivity contribution in [3.8, 4) is 22.5 Å². The zero-order chi connectivity index (χ0) is 23.8. The Bertz CT molecular complexity index is 1460. The number of hydrogen-bond acceptors (Lipinski definition) is 5. The number of nitrogen functional groups attached to an aromatic ring is 1. The highest BCUT2D eigenvalue weighted by atomic mass is 19.3. The van der Waals surface area contributed by atoms with Crippen LogP contribution in [0.2, 0.25) is 0 Å². The first-order valence-electron chi connectivity index (χ1n) is 10.2. The van der Waals surface area contributed by atoms with Crippen LogP contribution < -0.4 is 5.73 Å². The van der Waals surface area contributed by atoms with E-state index < -0.39 is 30.5 Å². The number of pyridine rings is 2. The monoisotopic (exact) mass is 467 g/mol. The molecule has 0 aliphatic heterocycles. The first-order valence-corrected chi connectivity index (χ1v) is 10.2. The normalized spacial score (nSPS) is 12.5. The van der Waals surface area contributed by atoms with Gasteiger partial charge in [-0.2, -0.15) is 10.1 Å². The van der Waals surface area contributed by atoms with Crippen LogP contribution in [0, 0.1) is 11.6 Å². The molecular formula is C23H17F4N7. The van der Waals surface area contributed by atoms with Gasteiger partial charge in [0.1, 0.15) is 5.82 Å². The van der Waals surface area contributed by atoms with Gasteiger partial charge < -0.3 is 5.73 Å². The van der Waals surface area contributed by atoms with Crippen molar-refractivity contribution >= 4 is 11.6 Å². The Morgan fingerprint density at radius 3 is 2.47 bits per heavy atom. The van der Waals surface area contributed by atoms with Crippen molar-refractivity contribution in [2.75, 3.05) is 5.73 Å². The van der Waals surface area contributed by atoms with Gasteiger partial charge in [0, 0.05) is 23.7 Å². The molecule has 1 unspecified atom stereocenters. The number of benzene rings is 1. The Kier molecular flexibility index (Phi) is 5.44. The van der Waals surface area contributed by atoms with Crippen LogP contribution in [0.25, 0.3) is 28.2 Å². The number of nitrogens with two attached hydrogens (primary N) is 1. The molecule has 7 nitrogen and oxygen atoms in total.